The number of hydrazone groups is 1. The molecule has 0 saturated carbocycles. The van der Waals surface area contributed by atoms with Crippen LogP contribution in [0.25, 0.3) is 10.2 Å². The molecule has 0 radical (unpaired) electrons. The second kappa shape index (κ2) is 9.32. The Labute approximate surface area is 193 Å². The first kappa shape index (κ1) is 26.6. The normalized spacial score (nSPS) is 13.2. The van der Waals surface area contributed by atoms with Gasteiger partial charge >= 0.3 is 18.0 Å². The molecule has 0 aliphatic rings. The summed E-state index contributed by atoms with van der Waals surface area (Å²) in [4.78, 5) is 38.5. The Morgan fingerprint density at radius 3 is 2.24 bits per heavy atom. The van der Waals surface area contributed by atoms with E-state index in [-0.39, 0.29) is 16.8 Å². The van der Waals surface area contributed by atoms with Crippen LogP contribution in [0, 0.1) is 12.3 Å². The van der Waals surface area contributed by atoms with Crippen LogP contribution in [0.5, 0.6) is 0 Å². The van der Waals surface area contributed by atoms with Crippen LogP contribution in [0.3, 0.4) is 0 Å². The molecule has 0 unspecified atom stereocenters. The molecule has 0 aliphatic carbocycles. The number of ether oxygens (including phenoxy) is 1. The van der Waals surface area contributed by atoms with Gasteiger partial charge in [0.05, 0.1) is 22.9 Å². The molecular weight excluding hydrogens is 461 g/mol. The van der Waals surface area contributed by atoms with Gasteiger partial charge in [-0.15, -0.1) is 11.3 Å². The molecule has 0 bridgehead atoms. The predicted octanol–water partition coefficient (Wildman–Crippen LogP) is 4.39. The van der Waals surface area contributed by atoms with Crippen molar-refractivity contribution in [1.82, 2.24) is 14.6 Å². The SMILES string of the molecule is Cc1c(/C=N/NC(=O)OC(C)(C)C)sc2c1c(=O)n(CC(C)(C)C)c(=O)n2CCC(F)(F)F. The van der Waals surface area contributed by atoms with Crippen LogP contribution in [0.1, 0.15) is 58.4 Å². The Balaban J connectivity index is 2.59. The molecule has 0 aliphatic heterocycles. The van der Waals surface area contributed by atoms with Gasteiger partial charge in [0.1, 0.15) is 10.4 Å². The Bertz CT molecular complexity index is 1180. The van der Waals surface area contributed by atoms with Gasteiger partial charge in [-0.05, 0) is 38.7 Å². The highest BCUT2D eigenvalue weighted by Crippen LogP contribution is 2.28. The zero-order chi connectivity index (χ0) is 25.4. The van der Waals surface area contributed by atoms with Crippen molar-refractivity contribution in [3.8, 4) is 0 Å². The van der Waals surface area contributed by atoms with Crippen molar-refractivity contribution in [1.29, 1.82) is 0 Å². The van der Waals surface area contributed by atoms with Crippen molar-refractivity contribution in [2.45, 2.75) is 79.8 Å². The number of alkyl halides is 3. The molecule has 1 amide bonds. The fourth-order valence-corrected chi connectivity index (χ4v) is 4.22. The van der Waals surface area contributed by atoms with Crippen LogP contribution in [0.15, 0.2) is 14.7 Å². The van der Waals surface area contributed by atoms with Gasteiger partial charge in [0.15, 0.2) is 0 Å². The highest BCUT2D eigenvalue weighted by Gasteiger charge is 2.29. The third-order valence-corrected chi connectivity index (χ3v) is 5.57. The molecule has 0 saturated heterocycles. The molecule has 2 heterocycles. The lowest BCUT2D eigenvalue weighted by Crippen LogP contribution is -2.42. The van der Waals surface area contributed by atoms with Crippen molar-refractivity contribution in [3.05, 3.63) is 31.3 Å². The minimum atomic E-state index is -4.47. The fraction of sp³-hybridized carbons (Fsp3) is 0.619. The maximum atomic E-state index is 13.2. The molecule has 2 aromatic rings. The number of hydrogen-bond acceptors (Lipinski definition) is 6. The van der Waals surface area contributed by atoms with Crippen molar-refractivity contribution in [2.24, 2.45) is 10.5 Å². The van der Waals surface area contributed by atoms with Gasteiger partial charge < -0.3 is 4.74 Å². The van der Waals surface area contributed by atoms with Crippen LogP contribution in [-0.4, -0.2) is 33.2 Å². The zero-order valence-electron chi connectivity index (χ0n) is 19.7. The average molecular weight is 491 g/mol. The van der Waals surface area contributed by atoms with Gasteiger partial charge in [-0.2, -0.15) is 18.3 Å². The molecule has 12 heteroatoms. The minimum absolute atomic E-state index is 0.0472. The molecular formula is C21H29F3N4O4S. The Hall–Kier alpha value is -2.63. The summed E-state index contributed by atoms with van der Waals surface area (Å²) in [5.41, 5.74) is 0.125. The Morgan fingerprint density at radius 2 is 1.73 bits per heavy atom. The summed E-state index contributed by atoms with van der Waals surface area (Å²) in [6, 6.07) is 0. The first-order valence-electron chi connectivity index (χ1n) is 10.3. The van der Waals surface area contributed by atoms with Crippen LogP contribution in [-0.2, 0) is 17.8 Å². The highest BCUT2D eigenvalue weighted by atomic mass is 32.1. The Kier molecular flexibility index (Phi) is 7.52. The van der Waals surface area contributed by atoms with Gasteiger partial charge in [0, 0.05) is 13.1 Å². The molecule has 33 heavy (non-hydrogen) atoms. The summed E-state index contributed by atoms with van der Waals surface area (Å²) in [6.45, 7) is 11.6. The summed E-state index contributed by atoms with van der Waals surface area (Å²) in [5.74, 6) is 0. The first-order valence-corrected chi connectivity index (χ1v) is 11.1. The quantitative estimate of drug-likeness (QED) is 0.497. The number of carbonyl (C=O) groups is 1. The number of aromatic nitrogens is 2. The highest BCUT2D eigenvalue weighted by molar-refractivity contribution is 7.20. The third kappa shape index (κ3) is 7.18. The van der Waals surface area contributed by atoms with Gasteiger partial charge in [-0.1, -0.05) is 20.8 Å². The number of nitrogens with one attached hydrogen (secondary N) is 1. The van der Waals surface area contributed by atoms with E-state index in [9.17, 15) is 27.6 Å². The van der Waals surface area contributed by atoms with E-state index in [1.54, 1.807) is 27.7 Å². The van der Waals surface area contributed by atoms with E-state index in [0.29, 0.717) is 10.4 Å². The van der Waals surface area contributed by atoms with Crippen molar-refractivity contribution in [3.63, 3.8) is 0 Å². The first-order chi connectivity index (χ1) is 14.9. The van der Waals surface area contributed by atoms with E-state index in [1.807, 2.05) is 20.8 Å². The molecule has 2 rings (SSSR count). The second-order valence-electron chi connectivity index (χ2n) is 9.89. The lowest BCUT2D eigenvalue weighted by molar-refractivity contribution is -0.136. The van der Waals surface area contributed by atoms with Crippen molar-refractivity contribution >= 4 is 33.9 Å². The summed E-state index contributed by atoms with van der Waals surface area (Å²) in [7, 11) is 0. The van der Waals surface area contributed by atoms with Gasteiger partial charge in [-0.25, -0.2) is 15.0 Å². The number of hydrogen-bond donors (Lipinski definition) is 1. The Morgan fingerprint density at radius 1 is 1.12 bits per heavy atom. The van der Waals surface area contributed by atoms with Crippen LogP contribution < -0.4 is 16.7 Å². The van der Waals surface area contributed by atoms with E-state index in [1.165, 1.54) is 6.21 Å². The van der Waals surface area contributed by atoms with E-state index >= 15 is 0 Å². The number of carbonyl (C=O) groups excluding carboxylic acids is 1. The zero-order valence-corrected chi connectivity index (χ0v) is 20.5. The fourth-order valence-electron chi connectivity index (χ4n) is 3.03. The van der Waals surface area contributed by atoms with E-state index in [2.05, 4.69) is 10.5 Å². The number of amides is 1. The number of rotatable bonds is 5. The van der Waals surface area contributed by atoms with Crippen LogP contribution in [0.4, 0.5) is 18.0 Å². The second-order valence-corrected chi connectivity index (χ2v) is 10.9. The van der Waals surface area contributed by atoms with E-state index in [4.69, 9.17) is 4.74 Å². The maximum Gasteiger partial charge on any atom is 0.428 e. The van der Waals surface area contributed by atoms with Crippen molar-refractivity contribution in [2.75, 3.05) is 0 Å². The van der Waals surface area contributed by atoms with Crippen LogP contribution >= 0.6 is 11.3 Å². The molecule has 0 aromatic carbocycles. The van der Waals surface area contributed by atoms with Gasteiger partial charge in [0.25, 0.3) is 5.56 Å². The monoisotopic (exact) mass is 490 g/mol. The molecule has 0 atom stereocenters. The number of halogens is 3. The van der Waals surface area contributed by atoms with Crippen molar-refractivity contribution < 1.29 is 22.7 Å². The lowest BCUT2D eigenvalue weighted by atomic mass is 9.97. The smallest absolute Gasteiger partial charge is 0.428 e. The van der Waals surface area contributed by atoms with E-state index < -0.39 is 47.5 Å². The largest absolute Gasteiger partial charge is 0.443 e. The number of thiophene rings is 1. The summed E-state index contributed by atoms with van der Waals surface area (Å²) in [5, 5.41) is 3.97. The molecule has 8 nitrogen and oxygen atoms in total. The molecule has 0 fully saturated rings. The summed E-state index contributed by atoms with van der Waals surface area (Å²) in [6.07, 6.45) is -5.19. The van der Waals surface area contributed by atoms with Crippen LogP contribution in [0.2, 0.25) is 0 Å². The third-order valence-electron chi connectivity index (χ3n) is 4.32. The van der Waals surface area contributed by atoms with Gasteiger partial charge in [0.2, 0.25) is 0 Å². The molecule has 184 valence electrons. The minimum Gasteiger partial charge on any atom is -0.443 e. The number of nitrogens with zero attached hydrogens (tertiary/aromatic N) is 3. The summed E-state index contributed by atoms with van der Waals surface area (Å²) >= 11 is 0.962. The lowest BCUT2D eigenvalue weighted by Gasteiger charge is -2.20. The maximum absolute atomic E-state index is 13.2. The molecule has 0 spiro atoms. The molecule has 1 N–H and O–H groups in total. The average Bonchev–Trinajstić information content (AvgIpc) is 2.92. The summed E-state index contributed by atoms with van der Waals surface area (Å²) < 4.78 is 45.8. The molecule has 2 aromatic heterocycles. The number of fused-ring (bicyclic) bond motifs is 1. The van der Waals surface area contributed by atoms with Gasteiger partial charge in [-0.3, -0.25) is 13.9 Å². The predicted molar refractivity (Wildman–Crippen MR) is 122 cm³/mol. The topological polar surface area (TPSA) is 94.7 Å². The number of aryl methyl sites for hydroxylation is 2. The van der Waals surface area contributed by atoms with E-state index in [0.717, 1.165) is 20.5 Å². The standard InChI is InChI=1S/C21H29F3N4O4S/c1-12-13(10-25-26-17(30)32-20(5,6)7)33-16-14(12)15(29)28(11-19(2,3)4)18(31)27(16)9-8-21(22,23)24/h10H,8-9,11H2,1-7H3,(H,26,30)/b25-10+.